The van der Waals surface area contributed by atoms with Gasteiger partial charge in [-0.15, -0.1) is 0 Å². The van der Waals surface area contributed by atoms with E-state index >= 15 is 0 Å². The van der Waals surface area contributed by atoms with Crippen molar-refractivity contribution < 1.29 is 13.9 Å². The molecule has 22 heavy (non-hydrogen) atoms. The highest BCUT2D eigenvalue weighted by Crippen LogP contribution is 2.23. The van der Waals surface area contributed by atoms with Gasteiger partial charge in [0, 0.05) is 0 Å². The summed E-state index contributed by atoms with van der Waals surface area (Å²) in [5.74, 6) is 1.45. The van der Waals surface area contributed by atoms with E-state index in [0.717, 1.165) is 24.3 Å². The number of methoxy groups -OCH3 is 1. The summed E-state index contributed by atoms with van der Waals surface area (Å²) in [5.41, 5.74) is 6.47. The van der Waals surface area contributed by atoms with E-state index in [0.29, 0.717) is 18.7 Å². The van der Waals surface area contributed by atoms with Crippen molar-refractivity contribution in [2.75, 3.05) is 20.3 Å². The molecule has 118 valence electrons. The molecule has 0 bridgehead atoms. The molecule has 4 heteroatoms. The van der Waals surface area contributed by atoms with Crippen LogP contribution in [0.15, 0.2) is 48.5 Å². The maximum absolute atomic E-state index is 13.8. The van der Waals surface area contributed by atoms with Gasteiger partial charge in [-0.1, -0.05) is 18.2 Å². The van der Waals surface area contributed by atoms with E-state index in [9.17, 15) is 4.39 Å². The number of hydrogen-bond acceptors (Lipinski definition) is 3. The van der Waals surface area contributed by atoms with Gasteiger partial charge in [0.05, 0.1) is 13.7 Å². The normalized spacial score (nSPS) is 12.0. The van der Waals surface area contributed by atoms with Crippen LogP contribution in [-0.2, 0) is 0 Å². The maximum atomic E-state index is 13.8. The largest absolute Gasteiger partial charge is 0.497 e. The summed E-state index contributed by atoms with van der Waals surface area (Å²) in [7, 11) is 1.63. The topological polar surface area (TPSA) is 44.5 Å². The van der Waals surface area contributed by atoms with Crippen LogP contribution in [0.3, 0.4) is 0 Å². The molecule has 0 aliphatic rings. The summed E-state index contributed by atoms with van der Waals surface area (Å²) >= 11 is 0. The summed E-state index contributed by atoms with van der Waals surface area (Å²) in [4.78, 5) is 0. The van der Waals surface area contributed by atoms with Crippen molar-refractivity contribution in [2.45, 2.75) is 18.8 Å². The fraction of sp³-hybridized carbons (Fsp3) is 0.333. The van der Waals surface area contributed by atoms with E-state index < -0.39 is 0 Å². The van der Waals surface area contributed by atoms with Gasteiger partial charge in [-0.05, 0) is 61.2 Å². The van der Waals surface area contributed by atoms with Gasteiger partial charge in [-0.2, -0.15) is 0 Å². The molecule has 1 atom stereocenters. The quantitative estimate of drug-likeness (QED) is 0.756. The van der Waals surface area contributed by atoms with Crippen molar-refractivity contribution in [1.82, 2.24) is 0 Å². The Balaban J connectivity index is 1.80. The first-order chi connectivity index (χ1) is 10.7. The summed E-state index contributed by atoms with van der Waals surface area (Å²) in [5, 5.41) is 0. The molecule has 0 heterocycles. The van der Waals surface area contributed by atoms with E-state index in [1.165, 1.54) is 6.07 Å². The van der Waals surface area contributed by atoms with Crippen LogP contribution in [0.1, 0.15) is 24.3 Å². The van der Waals surface area contributed by atoms with E-state index in [1.807, 2.05) is 30.3 Å². The van der Waals surface area contributed by atoms with Crippen LogP contribution in [0.5, 0.6) is 11.5 Å². The van der Waals surface area contributed by atoms with Gasteiger partial charge in [0.15, 0.2) is 0 Å². The van der Waals surface area contributed by atoms with Gasteiger partial charge in [-0.25, -0.2) is 4.39 Å². The minimum absolute atomic E-state index is 0.0284. The molecular formula is C18H22FNO2. The van der Waals surface area contributed by atoms with Crippen LogP contribution in [0, 0.1) is 5.82 Å². The first kappa shape index (κ1) is 16.3. The molecule has 2 aromatic rings. The van der Waals surface area contributed by atoms with Crippen LogP contribution >= 0.6 is 0 Å². The maximum Gasteiger partial charge on any atom is 0.126 e. The number of ether oxygens (including phenoxy) is 2. The molecule has 2 aromatic carbocycles. The van der Waals surface area contributed by atoms with Crippen LogP contribution in [0.2, 0.25) is 0 Å². The first-order valence-corrected chi connectivity index (χ1v) is 7.46. The van der Waals surface area contributed by atoms with E-state index in [4.69, 9.17) is 15.2 Å². The molecule has 2 rings (SSSR count). The molecular weight excluding hydrogens is 281 g/mol. The molecule has 3 nitrogen and oxygen atoms in total. The van der Waals surface area contributed by atoms with Gasteiger partial charge in [0.2, 0.25) is 0 Å². The molecule has 0 aliphatic carbocycles. The SMILES string of the molecule is COc1ccc(OCCCC(CN)c2ccccc2F)cc1. The third-order valence-electron chi connectivity index (χ3n) is 3.65. The second-order valence-electron chi connectivity index (χ2n) is 5.12. The molecule has 0 radical (unpaired) electrons. The smallest absolute Gasteiger partial charge is 0.126 e. The van der Waals surface area contributed by atoms with Gasteiger partial charge < -0.3 is 15.2 Å². The summed E-state index contributed by atoms with van der Waals surface area (Å²) < 4.78 is 24.5. The fourth-order valence-corrected chi connectivity index (χ4v) is 2.40. The second-order valence-corrected chi connectivity index (χ2v) is 5.12. The predicted molar refractivity (Wildman–Crippen MR) is 85.9 cm³/mol. The van der Waals surface area contributed by atoms with Gasteiger partial charge in [0.25, 0.3) is 0 Å². The lowest BCUT2D eigenvalue weighted by Gasteiger charge is -2.16. The number of hydrogen-bond donors (Lipinski definition) is 1. The van der Waals surface area contributed by atoms with Crippen molar-refractivity contribution in [2.24, 2.45) is 5.73 Å². The van der Waals surface area contributed by atoms with Gasteiger partial charge in [-0.3, -0.25) is 0 Å². The van der Waals surface area contributed by atoms with Crippen LogP contribution in [0.4, 0.5) is 4.39 Å². The van der Waals surface area contributed by atoms with Crippen molar-refractivity contribution in [3.05, 3.63) is 59.9 Å². The lowest BCUT2D eigenvalue weighted by Crippen LogP contribution is -2.15. The van der Waals surface area contributed by atoms with E-state index in [2.05, 4.69) is 0 Å². The fourth-order valence-electron chi connectivity index (χ4n) is 2.40. The number of rotatable bonds is 8. The lowest BCUT2D eigenvalue weighted by molar-refractivity contribution is 0.300. The minimum Gasteiger partial charge on any atom is -0.497 e. The molecule has 2 N–H and O–H groups in total. The van der Waals surface area contributed by atoms with Gasteiger partial charge >= 0.3 is 0 Å². The molecule has 0 amide bonds. The summed E-state index contributed by atoms with van der Waals surface area (Å²) in [6, 6.07) is 14.3. The van der Waals surface area contributed by atoms with Crippen molar-refractivity contribution in [3.8, 4) is 11.5 Å². The van der Waals surface area contributed by atoms with Gasteiger partial charge in [0.1, 0.15) is 17.3 Å². The second kappa shape index (κ2) is 8.39. The Morgan fingerprint density at radius 3 is 2.36 bits per heavy atom. The Morgan fingerprint density at radius 1 is 1.05 bits per heavy atom. The Morgan fingerprint density at radius 2 is 1.73 bits per heavy atom. The van der Waals surface area contributed by atoms with E-state index in [-0.39, 0.29) is 11.7 Å². The monoisotopic (exact) mass is 303 g/mol. The third-order valence-corrected chi connectivity index (χ3v) is 3.65. The Bertz CT molecular complexity index is 572. The molecule has 0 saturated carbocycles. The molecule has 0 saturated heterocycles. The standard InChI is InChI=1S/C18H22FNO2/c1-21-15-8-10-16(11-9-15)22-12-4-5-14(13-20)17-6-2-3-7-18(17)19/h2-3,6-11,14H,4-5,12-13,20H2,1H3. The van der Waals surface area contributed by atoms with Crippen molar-refractivity contribution in [1.29, 1.82) is 0 Å². The molecule has 1 unspecified atom stereocenters. The molecule has 0 aliphatic heterocycles. The summed E-state index contributed by atoms with van der Waals surface area (Å²) in [6.45, 7) is 1.01. The molecule has 0 aromatic heterocycles. The Kier molecular flexibility index (Phi) is 6.22. The van der Waals surface area contributed by atoms with Crippen molar-refractivity contribution >= 4 is 0 Å². The highest BCUT2D eigenvalue weighted by molar-refractivity contribution is 5.31. The lowest BCUT2D eigenvalue weighted by atomic mass is 9.94. The number of benzene rings is 2. The first-order valence-electron chi connectivity index (χ1n) is 7.46. The Hall–Kier alpha value is -2.07. The highest BCUT2D eigenvalue weighted by Gasteiger charge is 2.13. The average molecular weight is 303 g/mol. The third kappa shape index (κ3) is 4.46. The predicted octanol–water partition coefficient (Wildman–Crippen LogP) is 3.74. The average Bonchev–Trinajstić information content (AvgIpc) is 2.56. The zero-order chi connectivity index (χ0) is 15.8. The highest BCUT2D eigenvalue weighted by atomic mass is 19.1. The Labute approximate surface area is 130 Å². The minimum atomic E-state index is -0.186. The molecule has 0 spiro atoms. The summed E-state index contributed by atoms with van der Waals surface area (Å²) in [6.07, 6.45) is 1.62. The number of nitrogens with two attached hydrogens (primary N) is 1. The van der Waals surface area contributed by atoms with Crippen LogP contribution < -0.4 is 15.2 Å². The van der Waals surface area contributed by atoms with Crippen LogP contribution in [0.25, 0.3) is 0 Å². The van der Waals surface area contributed by atoms with Crippen LogP contribution in [-0.4, -0.2) is 20.3 Å². The number of halogens is 1. The van der Waals surface area contributed by atoms with E-state index in [1.54, 1.807) is 19.2 Å². The zero-order valence-corrected chi connectivity index (χ0v) is 12.8. The molecule has 0 fully saturated rings. The van der Waals surface area contributed by atoms with Crippen molar-refractivity contribution in [3.63, 3.8) is 0 Å². The zero-order valence-electron chi connectivity index (χ0n) is 12.8.